The molecular weight excluding hydrogens is 282 g/mol. The molecular formula is C11H15N5OS2. The molecule has 8 heteroatoms. The number of carbonyl (C=O) groups excluding carboxylic acids is 1. The summed E-state index contributed by atoms with van der Waals surface area (Å²) in [6, 6.07) is 0. The van der Waals surface area contributed by atoms with Crippen molar-refractivity contribution in [1.29, 1.82) is 0 Å². The normalized spacial score (nSPS) is 12.4. The quantitative estimate of drug-likeness (QED) is 0.874. The Balaban J connectivity index is 1.98. The lowest BCUT2D eigenvalue weighted by molar-refractivity contribution is -0.115. The Hall–Kier alpha value is -1.41. The Morgan fingerprint density at radius 2 is 2.26 bits per heavy atom. The lowest BCUT2D eigenvalue weighted by Crippen LogP contribution is -2.22. The molecule has 0 aromatic carbocycles. The fourth-order valence-electron chi connectivity index (χ4n) is 1.32. The number of thioether (sulfide) groups is 1. The van der Waals surface area contributed by atoms with Crippen molar-refractivity contribution in [3.05, 3.63) is 16.9 Å². The third-order valence-corrected chi connectivity index (χ3v) is 4.72. The Morgan fingerprint density at radius 1 is 1.53 bits per heavy atom. The summed E-state index contributed by atoms with van der Waals surface area (Å²) in [6.45, 7) is 5.75. The predicted octanol–water partition coefficient (Wildman–Crippen LogP) is 2.01. The van der Waals surface area contributed by atoms with Crippen LogP contribution in [0.25, 0.3) is 0 Å². The van der Waals surface area contributed by atoms with E-state index < -0.39 is 0 Å². The summed E-state index contributed by atoms with van der Waals surface area (Å²) >= 11 is 2.86. The van der Waals surface area contributed by atoms with Crippen molar-refractivity contribution in [3.63, 3.8) is 0 Å². The van der Waals surface area contributed by atoms with E-state index in [1.807, 2.05) is 27.8 Å². The van der Waals surface area contributed by atoms with Crippen LogP contribution in [0.3, 0.4) is 0 Å². The zero-order chi connectivity index (χ0) is 14.0. The van der Waals surface area contributed by atoms with Crippen molar-refractivity contribution in [3.8, 4) is 0 Å². The molecule has 2 aromatic rings. The van der Waals surface area contributed by atoms with Crippen LogP contribution in [0.5, 0.6) is 0 Å². The standard InChI is InChI=1S/C11H15N5OS2/c1-6-7(2)18-10(13-6)14-9(17)8(3)19-11-15-12-5-16(11)4/h5,8H,1-4H3,(H,13,14,17)/t8-/m0/s1. The zero-order valence-corrected chi connectivity index (χ0v) is 12.8. The first-order chi connectivity index (χ1) is 8.97. The molecule has 0 aliphatic heterocycles. The van der Waals surface area contributed by atoms with Gasteiger partial charge in [-0.2, -0.15) is 0 Å². The van der Waals surface area contributed by atoms with Gasteiger partial charge >= 0.3 is 0 Å². The van der Waals surface area contributed by atoms with E-state index in [1.54, 1.807) is 10.9 Å². The fraction of sp³-hybridized carbons (Fsp3) is 0.455. The third kappa shape index (κ3) is 3.32. The van der Waals surface area contributed by atoms with Gasteiger partial charge in [-0.05, 0) is 20.8 Å². The number of nitrogens with one attached hydrogen (secondary N) is 1. The van der Waals surface area contributed by atoms with Crippen LogP contribution < -0.4 is 5.32 Å². The third-order valence-electron chi connectivity index (χ3n) is 2.58. The molecule has 0 fully saturated rings. The minimum Gasteiger partial charge on any atom is -0.312 e. The van der Waals surface area contributed by atoms with E-state index in [0.717, 1.165) is 10.6 Å². The molecule has 19 heavy (non-hydrogen) atoms. The first-order valence-electron chi connectivity index (χ1n) is 5.73. The number of anilines is 1. The van der Waals surface area contributed by atoms with Crippen LogP contribution in [0.4, 0.5) is 5.13 Å². The van der Waals surface area contributed by atoms with Crippen molar-refractivity contribution in [2.75, 3.05) is 5.32 Å². The van der Waals surface area contributed by atoms with E-state index >= 15 is 0 Å². The summed E-state index contributed by atoms with van der Waals surface area (Å²) in [5, 5.41) is 11.7. The summed E-state index contributed by atoms with van der Waals surface area (Å²) in [7, 11) is 1.85. The van der Waals surface area contributed by atoms with Gasteiger partial charge in [-0.1, -0.05) is 11.8 Å². The molecule has 2 rings (SSSR count). The summed E-state index contributed by atoms with van der Waals surface area (Å²) in [6.07, 6.45) is 1.61. The molecule has 1 atom stereocenters. The van der Waals surface area contributed by atoms with Crippen molar-refractivity contribution in [1.82, 2.24) is 19.7 Å². The molecule has 0 spiro atoms. The van der Waals surface area contributed by atoms with Gasteiger partial charge in [-0.3, -0.25) is 4.79 Å². The number of nitrogens with zero attached hydrogens (tertiary/aromatic N) is 4. The maximum Gasteiger partial charge on any atom is 0.239 e. The van der Waals surface area contributed by atoms with E-state index in [9.17, 15) is 4.79 Å². The second kappa shape index (κ2) is 5.70. The highest BCUT2D eigenvalue weighted by Gasteiger charge is 2.18. The van der Waals surface area contributed by atoms with Crippen LogP contribution in [0.1, 0.15) is 17.5 Å². The molecule has 2 heterocycles. The number of hydrogen-bond donors (Lipinski definition) is 1. The second-order valence-corrected chi connectivity index (χ2v) is 6.65. The number of aryl methyl sites for hydroxylation is 3. The van der Waals surface area contributed by atoms with Gasteiger partial charge in [0.2, 0.25) is 5.91 Å². The second-order valence-electron chi connectivity index (χ2n) is 4.13. The number of amides is 1. The Bertz CT molecular complexity index is 572. The molecule has 0 bridgehead atoms. The van der Waals surface area contributed by atoms with Crippen molar-refractivity contribution >= 4 is 34.1 Å². The average Bonchev–Trinajstić information content (AvgIpc) is 2.87. The van der Waals surface area contributed by atoms with E-state index in [2.05, 4.69) is 20.5 Å². The lowest BCUT2D eigenvalue weighted by atomic mass is 10.4. The molecule has 1 amide bonds. The summed E-state index contributed by atoms with van der Waals surface area (Å²) in [4.78, 5) is 17.5. The highest BCUT2D eigenvalue weighted by molar-refractivity contribution is 8.00. The molecule has 102 valence electrons. The molecule has 2 aromatic heterocycles. The number of carbonyl (C=O) groups is 1. The van der Waals surface area contributed by atoms with Gasteiger partial charge in [-0.15, -0.1) is 21.5 Å². The van der Waals surface area contributed by atoms with Crippen molar-refractivity contribution in [2.24, 2.45) is 7.05 Å². The van der Waals surface area contributed by atoms with Gasteiger partial charge in [-0.25, -0.2) is 4.98 Å². The van der Waals surface area contributed by atoms with Crippen LogP contribution in [0.15, 0.2) is 11.5 Å². The van der Waals surface area contributed by atoms with Crippen LogP contribution in [0, 0.1) is 13.8 Å². The predicted molar refractivity (Wildman–Crippen MR) is 76.5 cm³/mol. The fourth-order valence-corrected chi connectivity index (χ4v) is 2.93. The van der Waals surface area contributed by atoms with Gasteiger partial charge in [0.25, 0.3) is 0 Å². The van der Waals surface area contributed by atoms with E-state index in [1.165, 1.54) is 23.1 Å². The number of thiazole rings is 1. The zero-order valence-electron chi connectivity index (χ0n) is 11.2. The maximum absolute atomic E-state index is 12.0. The molecule has 0 unspecified atom stereocenters. The monoisotopic (exact) mass is 297 g/mol. The number of rotatable bonds is 4. The van der Waals surface area contributed by atoms with Crippen molar-refractivity contribution in [2.45, 2.75) is 31.2 Å². The highest BCUT2D eigenvalue weighted by atomic mass is 32.2. The van der Waals surface area contributed by atoms with E-state index in [0.29, 0.717) is 10.3 Å². The topological polar surface area (TPSA) is 72.7 Å². The molecule has 0 aliphatic carbocycles. The Kier molecular flexibility index (Phi) is 4.20. The van der Waals surface area contributed by atoms with Crippen molar-refractivity contribution < 1.29 is 4.79 Å². The SMILES string of the molecule is Cc1nc(NC(=O)[C@H](C)Sc2nncn2C)sc1C. The van der Waals surface area contributed by atoms with E-state index in [-0.39, 0.29) is 11.2 Å². The molecule has 6 nitrogen and oxygen atoms in total. The minimum absolute atomic E-state index is 0.0817. The van der Waals surface area contributed by atoms with Gasteiger partial charge in [0, 0.05) is 11.9 Å². The summed E-state index contributed by atoms with van der Waals surface area (Å²) < 4.78 is 1.78. The Morgan fingerprint density at radius 3 is 2.79 bits per heavy atom. The van der Waals surface area contributed by atoms with Crippen LogP contribution in [-0.2, 0) is 11.8 Å². The number of hydrogen-bond acceptors (Lipinski definition) is 6. The largest absolute Gasteiger partial charge is 0.312 e. The van der Waals surface area contributed by atoms with Gasteiger partial charge < -0.3 is 9.88 Å². The van der Waals surface area contributed by atoms with Gasteiger partial charge in [0.1, 0.15) is 6.33 Å². The smallest absolute Gasteiger partial charge is 0.239 e. The minimum atomic E-state index is -0.257. The molecule has 0 saturated carbocycles. The lowest BCUT2D eigenvalue weighted by Gasteiger charge is -2.09. The van der Waals surface area contributed by atoms with Crippen LogP contribution in [0.2, 0.25) is 0 Å². The maximum atomic E-state index is 12.0. The summed E-state index contributed by atoms with van der Waals surface area (Å²) in [5.41, 5.74) is 0.953. The van der Waals surface area contributed by atoms with Gasteiger partial charge in [0.05, 0.1) is 10.9 Å². The first-order valence-corrected chi connectivity index (χ1v) is 7.42. The highest BCUT2D eigenvalue weighted by Crippen LogP contribution is 2.24. The number of aromatic nitrogens is 4. The van der Waals surface area contributed by atoms with Crippen LogP contribution in [-0.4, -0.2) is 30.9 Å². The first kappa shape index (κ1) is 14.0. The summed E-state index contributed by atoms with van der Waals surface area (Å²) in [5.74, 6) is -0.0817. The molecule has 0 aliphatic rings. The Labute approximate surface area is 119 Å². The molecule has 0 saturated heterocycles. The average molecular weight is 297 g/mol. The van der Waals surface area contributed by atoms with Gasteiger partial charge in [0.15, 0.2) is 10.3 Å². The van der Waals surface area contributed by atoms with Crippen LogP contribution >= 0.6 is 23.1 Å². The van der Waals surface area contributed by atoms with E-state index in [4.69, 9.17) is 0 Å². The molecule has 0 radical (unpaired) electrons. The molecule has 1 N–H and O–H groups in total.